The van der Waals surface area contributed by atoms with Crippen molar-refractivity contribution < 1.29 is 35.8 Å². The molecular weight excluding hydrogens is 530 g/mol. The van der Waals surface area contributed by atoms with Crippen LogP contribution in [0.4, 0.5) is 26.3 Å². The largest absolute Gasteiger partial charge is 0.416 e. The van der Waals surface area contributed by atoms with Crippen molar-refractivity contribution in [3.8, 4) is 0 Å². The molecule has 2 aliphatic heterocycles. The van der Waals surface area contributed by atoms with Gasteiger partial charge in [-0.2, -0.15) is 26.3 Å². The molecule has 0 N–H and O–H groups in total. The number of rotatable bonds is 9. The van der Waals surface area contributed by atoms with Gasteiger partial charge >= 0.3 is 12.4 Å². The Morgan fingerprint density at radius 2 is 1.50 bits per heavy atom. The van der Waals surface area contributed by atoms with Crippen LogP contribution >= 0.6 is 11.8 Å². The van der Waals surface area contributed by atoms with E-state index in [0.717, 1.165) is 69.2 Å². The molecule has 4 rings (SSSR count). The molecule has 0 bridgehead atoms. The Balaban J connectivity index is 1.38. The first-order valence-electron chi connectivity index (χ1n) is 12.5. The fourth-order valence-corrected chi connectivity index (χ4v) is 5.64. The number of thioether (sulfide) groups is 1. The van der Waals surface area contributed by atoms with Gasteiger partial charge in [0.25, 0.3) is 0 Å². The van der Waals surface area contributed by atoms with E-state index in [9.17, 15) is 26.3 Å². The number of ether oxygens (including phenoxy) is 2. The zero-order chi connectivity index (χ0) is 27.4. The predicted molar refractivity (Wildman–Crippen MR) is 135 cm³/mol. The Kier molecular flexibility index (Phi) is 9.34. The second kappa shape index (κ2) is 12.2. The Hall–Kier alpha value is -1.79. The van der Waals surface area contributed by atoms with Crippen LogP contribution < -0.4 is 0 Å². The highest BCUT2D eigenvalue weighted by Crippen LogP contribution is 2.36. The van der Waals surface area contributed by atoms with Crippen molar-refractivity contribution >= 4 is 11.8 Å². The fraction of sp³-hybridized carbons (Fsp3) is 0.556. The summed E-state index contributed by atoms with van der Waals surface area (Å²) in [6.07, 6.45) is -5.68. The summed E-state index contributed by atoms with van der Waals surface area (Å²) >= 11 is 1.77. The molecule has 11 heteroatoms. The van der Waals surface area contributed by atoms with Crippen LogP contribution in [0.2, 0.25) is 0 Å². The van der Waals surface area contributed by atoms with Gasteiger partial charge in [-0.15, -0.1) is 11.8 Å². The summed E-state index contributed by atoms with van der Waals surface area (Å²) in [6, 6.07) is 9.15. The summed E-state index contributed by atoms with van der Waals surface area (Å²) in [6.45, 7) is 4.25. The van der Waals surface area contributed by atoms with Gasteiger partial charge in [0.15, 0.2) is 0 Å². The number of alkyl halides is 6. The van der Waals surface area contributed by atoms with E-state index in [0.29, 0.717) is 13.2 Å². The summed E-state index contributed by atoms with van der Waals surface area (Å²) in [5.74, 6) is 0.946. The van der Waals surface area contributed by atoms with Gasteiger partial charge in [-0.1, -0.05) is 24.3 Å². The lowest BCUT2D eigenvalue weighted by atomic mass is 9.91. The molecule has 0 aliphatic carbocycles. The SMILES string of the molecule is CSCN1COC2(CCN(CCCOC(c3cccc(C(F)(F)F)c3)c3cccc(C(F)(F)F)c3)CC2)C1. The molecule has 210 valence electrons. The predicted octanol–water partition coefficient (Wildman–Crippen LogP) is 6.67. The smallest absolute Gasteiger partial charge is 0.369 e. The Bertz CT molecular complexity index is 999. The third-order valence-electron chi connectivity index (χ3n) is 7.08. The molecule has 2 saturated heterocycles. The summed E-state index contributed by atoms with van der Waals surface area (Å²) < 4.78 is 92.1. The highest BCUT2D eigenvalue weighted by atomic mass is 32.2. The van der Waals surface area contributed by atoms with Crippen LogP contribution in [0.3, 0.4) is 0 Å². The molecule has 2 aromatic rings. The van der Waals surface area contributed by atoms with E-state index < -0.39 is 29.6 Å². The minimum absolute atomic E-state index is 0.0964. The lowest BCUT2D eigenvalue weighted by Crippen LogP contribution is -2.47. The normalized spacial score (nSPS) is 19.1. The van der Waals surface area contributed by atoms with Gasteiger partial charge < -0.3 is 14.4 Å². The van der Waals surface area contributed by atoms with Crippen LogP contribution in [0.1, 0.15) is 47.6 Å². The van der Waals surface area contributed by atoms with Crippen molar-refractivity contribution in [1.29, 1.82) is 0 Å². The quantitative estimate of drug-likeness (QED) is 0.251. The Morgan fingerprint density at radius 1 is 0.921 bits per heavy atom. The maximum atomic E-state index is 13.3. The standard InChI is InChI=1S/C27H32F6N2O2S/c1-38-19-35-17-25(37-18-35)9-12-34(13-10-25)11-4-14-36-24(20-5-2-7-22(15-20)26(28,29)30)21-6-3-8-23(16-21)27(31,32)33/h2-3,5-8,15-16,24H,4,9-14,17-19H2,1H3. The fourth-order valence-electron chi connectivity index (χ4n) is 5.11. The van der Waals surface area contributed by atoms with Gasteiger partial charge in [0.2, 0.25) is 0 Å². The van der Waals surface area contributed by atoms with Crippen LogP contribution in [0, 0.1) is 0 Å². The lowest BCUT2D eigenvalue weighted by molar-refractivity contribution is -0.138. The van der Waals surface area contributed by atoms with Gasteiger partial charge in [-0.3, -0.25) is 4.90 Å². The van der Waals surface area contributed by atoms with E-state index in [2.05, 4.69) is 16.1 Å². The zero-order valence-electron chi connectivity index (χ0n) is 21.2. The van der Waals surface area contributed by atoms with Crippen molar-refractivity contribution in [3.05, 3.63) is 70.8 Å². The van der Waals surface area contributed by atoms with Crippen LogP contribution in [-0.2, 0) is 21.8 Å². The molecule has 0 aromatic heterocycles. The van der Waals surface area contributed by atoms with Crippen molar-refractivity contribution in [1.82, 2.24) is 9.80 Å². The molecule has 38 heavy (non-hydrogen) atoms. The third-order valence-corrected chi connectivity index (χ3v) is 7.70. The van der Waals surface area contributed by atoms with Crippen molar-refractivity contribution in [2.45, 2.75) is 43.3 Å². The number of benzene rings is 2. The number of hydrogen-bond donors (Lipinski definition) is 0. The molecule has 1 spiro atoms. The summed E-state index contributed by atoms with van der Waals surface area (Å²) in [5, 5.41) is 0. The number of likely N-dealkylation sites (tertiary alicyclic amines) is 1. The summed E-state index contributed by atoms with van der Waals surface area (Å²) in [4.78, 5) is 4.61. The maximum absolute atomic E-state index is 13.3. The number of piperidine rings is 1. The second-order valence-corrected chi connectivity index (χ2v) is 10.7. The van der Waals surface area contributed by atoms with Crippen LogP contribution in [0.15, 0.2) is 48.5 Å². The lowest BCUT2D eigenvalue weighted by Gasteiger charge is -2.38. The summed E-state index contributed by atoms with van der Waals surface area (Å²) in [7, 11) is 0. The van der Waals surface area contributed by atoms with E-state index in [1.807, 2.05) is 0 Å². The minimum Gasteiger partial charge on any atom is -0.369 e. The molecule has 0 unspecified atom stereocenters. The minimum atomic E-state index is -4.57. The monoisotopic (exact) mass is 562 g/mol. The van der Waals surface area contributed by atoms with Crippen LogP contribution in [0.25, 0.3) is 0 Å². The Labute approximate surface area is 223 Å². The molecule has 2 aromatic carbocycles. The average molecular weight is 563 g/mol. The first-order valence-corrected chi connectivity index (χ1v) is 13.9. The molecule has 4 nitrogen and oxygen atoms in total. The molecular formula is C27H32F6N2O2S. The van der Waals surface area contributed by atoms with Gasteiger partial charge in [-0.25, -0.2) is 0 Å². The van der Waals surface area contributed by atoms with Crippen LogP contribution in [0.5, 0.6) is 0 Å². The van der Waals surface area contributed by atoms with E-state index >= 15 is 0 Å². The van der Waals surface area contributed by atoms with Gasteiger partial charge in [0.1, 0.15) is 12.8 Å². The van der Waals surface area contributed by atoms with Gasteiger partial charge in [-0.05, 0) is 60.9 Å². The summed E-state index contributed by atoms with van der Waals surface area (Å²) in [5.41, 5.74) is -1.52. The zero-order valence-corrected chi connectivity index (χ0v) is 22.0. The average Bonchev–Trinajstić information content (AvgIpc) is 3.26. The van der Waals surface area contributed by atoms with E-state index in [1.165, 1.54) is 24.3 Å². The van der Waals surface area contributed by atoms with E-state index in [1.54, 1.807) is 11.8 Å². The number of halogens is 6. The second-order valence-electron chi connectivity index (χ2n) is 9.90. The first kappa shape index (κ1) is 29.2. The van der Waals surface area contributed by atoms with Crippen molar-refractivity contribution in [2.75, 3.05) is 51.6 Å². The van der Waals surface area contributed by atoms with Crippen molar-refractivity contribution in [3.63, 3.8) is 0 Å². The van der Waals surface area contributed by atoms with E-state index in [-0.39, 0.29) is 23.3 Å². The topological polar surface area (TPSA) is 24.9 Å². The number of nitrogens with zero attached hydrogens (tertiary/aromatic N) is 2. The first-order chi connectivity index (χ1) is 18.0. The third kappa shape index (κ3) is 7.44. The Morgan fingerprint density at radius 3 is 2.03 bits per heavy atom. The molecule has 2 fully saturated rings. The van der Waals surface area contributed by atoms with Gasteiger partial charge in [0.05, 0.1) is 16.7 Å². The molecule has 0 radical (unpaired) electrons. The number of hydrogen-bond acceptors (Lipinski definition) is 5. The maximum Gasteiger partial charge on any atom is 0.416 e. The molecule has 0 saturated carbocycles. The van der Waals surface area contributed by atoms with Gasteiger partial charge in [0, 0.05) is 38.7 Å². The van der Waals surface area contributed by atoms with Crippen LogP contribution in [-0.4, -0.2) is 67.1 Å². The molecule has 0 amide bonds. The molecule has 2 heterocycles. The molecule has 0 atom stereocenters. The molecule has 2 aliphatic rings. The highest BCUT2D eigenvalue weighted by molar-refractivity contribution is 7.98. The van der Waals surface area contributed by atoms with Crippen molar-refractivity contribution in [2.24, 2.45) is 0 Å². The highest BCUT2D eigenvalue weighted by Gasteiger charge is 2.41. The van der Waals surface area contributed by atoms with E-state index in [4.69, 9.17) is 9.47 Å².